The van der Waals surface area contributed by atoms with Crippen LogP contribution in [0.3, 0.4) is 0 Å². The predicted octanol–water partition coefficient (Wildman–Crippen LogP) is 2.73. The molecule has 2 aromatic carbocycles. The summed E-state index contributed by atoms with van der Waals surface area (Å²) < 4.78 is 26.4. The minimum Gasteiger partial charge on any atom is -0.368 e. The number of rotatable bonds is 5. The predicted molar refractivity (Wildman–Crippen MR) is 138 cm³/mol. The fraction of sp³-hybridized carbons (Fsp3) is 0.409. The molecule has 0 aliphatic carbocycles. The molecule has 1 aliphatic rings. The van der Waals surface area contributed by atoms with Crippen LogP contribution in [0.5, 0.6) is 0 Å². The molecule has 170 valence electrons. The number of hydrogen-bond acceptors (Lipinski definition) is 4. The maximum Gasteiger partial charge on any atom is 0.240 e. The van der Waals surface area contributed by atoms with Crippen LogP contribution in [0.25, 0.3) is 0 Å². The lowest BCUT2D eigenvalue weighted by Crippen LogP contribution is -2.52. The zero-order chi connectivity index (χ0) is 21.7. The van der Waals surface area contributed by atoms with Gasteiger partial charge in [0.15, 0.2) is 5.96 Å². The summed E-state index contributed by atoms with van der Waals surface area (Å²) in [6.45, 7) is 8.46. The van der Waals surface area contributed by atoms with Gasteiger partial charge in [0.2, 0.25) is 10.0 Å². The number of piperazine rings is 1. The average Bonchev–Trinajstić information content (AvgIpc) is 2.77. The van der Waals surface area contributed by atoms with Crippen LogP contribution in [0, 0.1) is 13.8 Å². The van der Waals surface area contributed by atoms with E-state index in [-0.39, 0.29) is 28.9 Å². The second kappa shape index (κ2) is 11.1. The van der Waals surface area contributed by atoms with Gasteiger partial charge in [-0.15, -0.1) is 24.0 Å². The molecule has 0 unspecified atom stereocenters. The Morgan fingerprint density at radius 2 is 1.74 bits per heavy atom. The number of halogens is 1. The van der Waals surface area contributed by atoms with Gasteiger partial charge in [-0.3, -0.25) is 4.99 Å². The Kier molecular flexibility index (Phi) is 9.14. The van der Waals surface area contributed by atoms with Gasteiger partial charge in [0.05, 0.1) is 4.90 Å². The zero-order valence-corrected chi connectivity index (χ0v) is 21.7. The van der Waals surface area contributed by atoms with Gasteiger partial charge in [-0.05, 0) is 55.8 Å². The number of guanidine groups is 1. The molecule has 2 N–H and O–H groups in total. The SMILES string of the molecule is CN=C(NCc1cccc(S(=O)(=O)NC)c1)N1CCN(c2cccc(C)c2C)CC1.I. The van der Waals surface area contributed by atoms with Gasteiger partial charge in [0.25, 0.3) is 0 Å². The van der Waals surface area contributed by atoms with E-state index in [9.17, 15) is 8.42 Å². The van der Waals surface area contributed by atoms with Crippen LogP contribution in [-0.2, 0) is 16.6 Å². The van der Waals surface area contributed by atoms with E-state index in [0.717, 1.165) is 37.7 Å². The van der Waals surface area contributed by atoms with E-state index in [0.29, 0.717) is 6.54 Å². The first kappa shape index (κ1) is 25.4. The van der Waals surface area contributed by atoms with Crippen molar-refractivity contribution in [1.82, 2.24) is 14.9 Å². The lowest BCUT2D eigenvalue weighted by molar-refractivity contribution is 0.372. The second-order valence-corrected chi connectivity index (χ2v) is 9.34. The summed E-state index contributed by atoms with van der Waals surface area (Å²) >= 11 is 0. The van der Waals surface area contributed by atoms with Crippen LogP contribution in [0.15, 0.2) is 52.4 Å². The molecule has 1 fully saturated rings. The van der Waals surface area contributed by atoms with Crippen LogP contribution in [0.2, 0.25) is 0 Å². The van der Waals surface area contributed by atoms with Crippen molar-refractivity contribution in [3.63, 3.8) is 0 Å². The first-order valence-corrected chi connectivity index (χ1v) is 11.6. The number of nitrogens with zero attached hydrogens (tertiary/aromatic N) is 3. The van der Waals surface area contributed by atoms with Crippen LogP contribution < -0.4 is 14.9 Å². The molecular formula is C22H32IN5O2S. The van der Waals surface area contributed by atoms with Gasteiger partial charge in [-0.2, -0.15) is 0 Å². The van der Waals surface area contributed by atoms with E-state index in [1.807, 2.05) is 6.07 Å². The summed E-state index contributed by atoms with van der Waals surface area (Å²) in [7, 11) is -0.253. The topological polar surface area (TPSA) is 77.0 Å². The molecule has 0 saturated carbocycles. The third-order valence-corrected chi connectivity index (χ3v) is 7.05. The molecule has 1 saturated heterocycles. The smallest absolute Gasteiger partial charge is 0.240 e. The van der Waals surface area contributed by atoms with E-state index in [2.05, 4.69) is 56.9 Å². The highest BCUT2D eigenvalue weighted by molar-refractivity contribution is 14.0. The lowest BCUT2D eigenvalue weighted by Gasteiger charge is -2.38. The van der Waals surface area contributed by atoms with E-state index in [4.69, 9.17) is 0 Å². The average molecular weight is 558 g/mol. The molecule has 7 nitrogen and oxygen atoms in total. The third-order valence-electron chi connectivity index (χ3n) is 5.64. The standard InChI is InChI=1S/C22H31N5O2S.HI/c1-17-7-5-10-21(18(17)2)26-11-13-27(14-12-26)22(23-3)25-16-19-8-6-9-20(15-19)30(28,29)24-4;/h5-10,15,24H,11-14,16H2,1-4H3,(H,23,25);1H. The molecule has 0 radical (unpaired) electrons. The number of sulfonamides is 1. The van der Waals surface area contributed by atoms with Crippen molar-refractivity contribution < 1.29 is 8.42 Å². The summed E-state index contributed by atoms with van der Waals surface area (Å²) in [6.07, 6.45) is 0. The van der Waals surface area contributed by atoms with E-state index in [1.165, 1.54) is 23.9 Å². The number of aliphatic imine (C=N–C) groups is 1. The monoisotopic (exact) mass is 557 g/mol. The molecule has 9 heteroatoms. The third kappa shape index (κ3) is 6.11. The number of anilines is 1. The number of aryl methyl sites for hydroxylation is 1. The first-order chi connectivity index (χ1) is 14.4. The Hall–Kier alpha value is -1.85. The van der Waals surface area contributed by atoms with Crippen LogP contribution in [0.1, 0.15) is 16.7 Å². The zero-order valence-electron chi connectivity index (χ0n) is 18.6. The molecule has 0 atom stereocenters. The molecule has 3 rings (SSSR count). The van der Waals surface area contributed by atoms with Gasteiger partial charge in [-0.1, -0.05) is 24.3 Å². The second-order valence-electron chi connectivity index (χ2n) is 7.45. The Labute approximate surface area is 203 Å². The minimum absolute atomic E-state index is 0. The Balaban J connectivity index is 0.00000341. The van der Waals surface area contributed by atoms with E-state index < -0.39 is 10.0 Å². The van der Waals surface area contributed by atoms with Gasteiger partial charge in [0.1, 0.15) is 0 Å². The van der Waals surface area contributed by atoms with Crippen molar-refractivity contribution in [3.05, 3.63) is 59.2 Å². The van der Waals surface area contributed by atoms with Gasteiger partial charge >= 0.3 is 0 Å². The molecule has 0 bridgehead atoms. The quantitative estimate of drug-likeness (QED) is 0.336. The Morgan fingerprint density at radius 3 is 2.39 bits per heavy atom. The fourth-order valence-corrected chi connectivity index (χ4v) is 4.49. The van der Waals surface area contributed by atoms with Crippen LogP contribution in [0.4, 0.5) is 5.69 Å². The molecule has 2 aromatic rings. The van der Waals surface area contributed by atoms with Gasteiger partial charge in [0, 0.05) is 45.5 Å². The lowest BCUT2D eigenvalue weighted by atomic mass is 10.1. The highest BCUT2D eigenvalue weighted by Crippen LogP contribution is 2.23. The summed E-state index contributed by atoms with van der Waals surface area (Å²) in [6, 6.07) is 13.4. The number of benzene rings is 2. The van der Waals surface area contributed by atoms with E-state index in [1.54, 1.807) is 25.2 Å². The van der Waals surface area contributed by atoms with Crippen molar-refractivity contribution in [3.8, 4) is 0 Å². The molecular weight excluding hydrogens is 525 g/mol. The van der Waals surface area contributed by atoms with Crippen LogP contribution >= 0.6 is 24.0 Å². The maximum atomic E-state index is 12.0. The van der Waals surface area contributed by atoms with Crippen molar-refractivity contribution >= 4 is 45.6 Å². The molecule has 0 aromatic heterocycles. The van der Waals surface area contributed by atoms with Crippen molar-refractivity contribution in [2.75, 3.05) is 45.2 Å². The maximum absolute atomic E-state index is 12.0. The molecule has 1 aliphatic heterocycles. The van der Waals surface area contributed by atoms with Gasteiger partial charge < -0.3 is 15.1 Å². The summed E-state index contributed by atoms with van der Waals surface area (Å²) in [5.41, 5.74) is 4.85. The fourth-order valence-electron chi connectivity index (χ4n) is 3.69. The summed E-state index contributed by atoms with van der Waals surface area (Å²) in [5, 5.41) is 3.37. The summed E-state index contributed by atoms with van der Waals surface area (Å²) in [4.78, 5) is 9.37. The number of hydrogen-bond donors (Lipinski definition) is 2. The molecule has 31 heavy (non-hydrogen) atoms. The Morgan fingerprint density at radius 1 is 1.06 bits per heavy atom. The molecule has 1 heterocycles. The van der Waals surface area contributed by atoms with Crippen LogP contribution in [-0.4, -0.2) is 59.6 Å². The number of nitrogens with one attached hydrogen (secondary N) is 2. The summed E-state index contributed by atoms with van der Waals surface area (Å²) in [5.74, 6) is 0.831. The Bertz CT molecular complexity index is 1020. The molecule has 0 amide bonds. The highest BCUT2D eigenvalue weighted by atomic mass is 127. The van der Waals surface area contributed by atoms with Crippen molar-refractivity contribution in [2.24, 2.45) is 4.99 Å². The largest absolute Gasteiger partial charge is 0.368 e. The van der Waals surface area contributed by atoms with Crippen molar-refractivity contribution in [2.45, 2.75) is 25.3 Å². The van der Waals surface area contributed by atoms with Gasteiger partial charge in [-0.25, -0.2) is 13.1 Å². The normalized spacial score (nSPS) is 14.9. The first-order valence-electron chi connectivity index (χ1n) is 10.1. The van der Waals surface area contributed by atoms with Crippen molar-refractivity contribution in [1.29, 1.82) is 0 Å². The highest BCUT2D eigenvalue weighted by Gasteiger charge is 2.21. The molecule has 0 spiro atoms. The van der Waals surface area contributed by atoms with E-state index >= 15 is 0 Å². The minimum atomic E-state index is -3.45.